The lowest BCUT2D eigenvalue weighted by molar-refractivity contribution is 0.117. The molecule has 3 atom stereocenters. The van der Waals surface area contributed by atoms with E-state index in [1.54, 1.807) is 34.9 Å². The van der Waals surface area contributed by atoms with E-state index in [0.29, 0.717) is 12.8 Å². The number of aliphatic hydroxyl groups is 1. The van der Waals surface area contributed by atoms with Crippen molar-refractivity contribution in [1.82, 2.24) is 23.8 Å². The molecular formula is C12H17N5O3S. The molecule has 0 aliphatic heterocycles. The second-order valence-corrected chi connectivity index (χ2v) is 6.91. The number of aryl methyl sites for hydroxylation is 1. The fraction of sp³-hybridized carbons (Fsp3) is 0.500. The first-order valence-corrected chi connectivity index (χ1v) is 8.11. The van der Waals surface area contributed by atoms with Crippen LogP contribution in [0, 0.1) is 0 Å². The van der Waals surface area contributed by atoms with Crippen LogP contribution >= 0.6 is 0 Å². The lowest BCUT2D eigenvalue weighted by Gasteiger charge is -2.21. The Morgan fingerprint density at radius 3 is 2.81 bits per heavy atom. The largest absolute Gasteiger partial charge is 0.389 e. The first-order valence-electron chi connectivity index (χ1n) is 6.63. The normalized spacial score (nSPS) is 26.3. The number of hydrogen-bond donors (Lipinski definition) is 2. The number of aromatic nitrogens is 4. The minimum absolute atomic E-state index is 0.0386. The van der Waals surface area contributed by atoms with Gasteiger partial charge in [-0.2, -0.15) is 0 Å². The third-order valence-electron chi connectivity index (χ3n) is 3.75. The van der Waals surface area contributed by atoms with Crippen molar-refractivity contribution in [3.05, 3.63) is 31.2 Å². The molecule has 2 aromatic rings. The van der Waals surface area contributed by atoms with Gasteiger partial charge in [0.15, 0.2) is 5.03 Å². The van der Waals surface area contributed by atoms with Gasteiger partial charge in [-0.05, 0) is 12.8 Å². The van der Waals surface area contributed by atoms with Crippen molar-refractivity contribution in [3.63, 3.8) is 0 Å². The maximum atomic E-state index is 12.2. The van der Waals surface area contributed by atoms with Crippen LogP contribution in [0.3, 0.4) is 0 Å². The highest BCUT2D eigenvalue weighted by atomic mass is 32.2. The minimum Gasteiger partial charge on any atom is -0.389 e. The van der Waals surface area contributed by atoms with Gasteiger partial charge in [0.05, 0.1) is 30.8 Å². The number of hydrogen-bond acceptors (Lipinski definition) is 5. The molecule has 1 aliphatic carbocycles. The van der Waals surface area contributed by atoms with Crippen molar-refractivity contribution in [2.75, 3.05) is 0 Å². The molecule has 1 fully saturated rings. The molecule has 0 aromatic carbocycles. The van der Waals surface area contributed by atoms with Crippen LogP contribution in [0.2, 0.25) is 0 Å². The summed E-state index contributed by atoms with van der Waals surface area (Å²) >= 11 is 0. The molecule has 2 aromatic heterocycles. The van der Waals surface area contributed by atoms with Gasteiger partial charge in [-0.25, -0.2) is 23.1 Å². The van der Waals surface area contributed by atoms with Gasteiger partial charge < -0.3 is 14.2 Å². The Bertz CT molecular complexity index is 709. The molecule has 1 saturated carbocycles. The van der Waals surface area contributed by atoms with Gasteiger partial charge in [0, 0.05) is 25.6 Å². The molecule has 0 saturated heterocycles. The van der Waals surface area contributed by atoms with Crippen LogP contribution in [0.4, 0.5) is 0 Å². The van der Waals surface area contributed by atoms with Crippen molar-refractivity contribution >= 4 is 10.0 Å². The van der Waals surface area contributed by atoms with E-state index in [-0.39, 0.29) is 11.1 Å². The SMILES string of the molecule is Cn1cnc(S(=O)(=O)N[C@@H]2CC[C@@H](n3ccnc3)[C@@H]2O)c1. The van der Waals surface area contributed by atoms with Gasteiger partial charge in [0.25, 0.3) is 10.0 Å². The van der Waals surface area contributed by atoms with Crippen molar-refractivity contribution in [3.8, 4) is 0 Å². The fourth-order valence-corrected chi connectivity index (χ4v) is 3.93. The van der Waals surface area contributed by atoms with Crippen LogP contribution < -0.4 is 4.72 Å². The molecule has 3 rings (SSSR count). The Labute approximate surface area is 122 Å². The van der Waals surface area contributed by atoms with Crippen LogP contribution in [-0.4, -0.2) is 44.8 Å². The van der Waals surface area contributed by atoms with Gasteiger partial charge in [-0.15, -0.1) is 0 Å². The molecule has 0 spiro atoms. The molecule has 2 heterocycles. The monoisotopic (exact) mass is 311 g/mol. The van der Waals surface area contributed by atoms with E-state index in [1.807, 2.05) is 0 Å². The van der Waals surface area contributed by atoms with E-state index in [4.69, 9.17) is 0 Å². The molecule has 0 radical (unpaired) electrons. The molecule has 2 N–H and O–H groups in total. The van der Waals surface area contributed by atoms with Gasteiger partial charge in [-0.3, -0.25) is 0 Å². The lowest BCUT2D eigenvalue weighted by Crippen LogP contribution is -2.42. The number of imidazole rings is 2. The lowest BCUT2D eigenvalue weighted by atomic mass is 10.2. The number of nitrogens with zero attached hydrogens (tertiary/aromatic N) is 4. The summed E-state index contributed by atoms with van der Waals surface area (Å²) in [7, 11) is -2.01. The Hall–Kier alpha value is -1.71. The fourth-order valence-electron chi connectivity index (χ4n) is 2.67. The molecule has 0 amide bonds. The van der Waals surface area contributed by atoms with Crippen LogP contribution in [0.25, 0.3) is 0 Å². The van der Waals surface area contributed by atoms with E-state index >= 15 is 0 Å². The van der Waals surface area contributed by atoms with Gasteiger partial charge >= 0.3 is 0 Å². The number of sulfonamides is 1. The van der Waals surface area contributed by atoms with Crippen LogP contribution in [-0.2, 0) is 17.1 Å². The summed E-state index contributed by atoms with van der Waals surface area (Å²) < 4.78 is 30.4. The summed E-state index contributed by atoms with van der Waals surface area (Å²) in [5.41, 5.74) is 0. The molecule has 0 bridgehead atoms. The molecule has 21 heavy (non-hydrogen) atoms. The van der Waals surface area contributed by atoms with Crippen molar-refractivity contribution in [2.45, 2.75) is 36.1 Å². The van der Waals surface area contributed by atoms with Crippen molar-refractivity contribution in [1.29, 1.82) is 0 Å². The number of aliphatic hydroxyl groups excluding tert-OH is 1. The van der Waals surface area contributed by atoms with E-state index in [1.165, 1.54) is 12.5 Å². The Balaban J connectivity index is 1.74. The smallest absolute Gasteiger partial charge is 0.259 e. The van der Waals surface area contributed by atoms with E-state index in [0.717, 1.165) is 0 Å². The van der Waals surface area contributed by atoms with Crippen molar-refractivity contribution < 1.29 is 13.5 Å². The summed E-state index contributed by atoms with van der Waals surface area (Å²) in [5, 5.41) is 10.3. The zero-order valence-electron chi connectivity index (χ0n) is 11.5. The summed E-state index contributed by atoms with van der Waals surface area (Å²) in [6.45, 7) is 0. The highest BCUT2D eigenvalue weighted by Crippen LogP contribution is 2.31. The second kappa shape index (κ2) is 5.24. The molecule has 9 heteroatoms. The zero-order chi connectivity index (χ0) is 15.0. The topological polar surface area (TPSA) is 102 Å². The van der Waals surface area contributed by atoms with Gasteiger partial charge in [0.2, 0.25) is 0 Å². The summed E-state index contributed by atoms with van der Waals surface area (Å²) in [5.74, 6) is 0. The zero-order valence-corrected chi connectivity index (χ0v) is 12.3. The Morgan fingerprint density at radius 1 is 1.38 bits per heavy atom. The molecule has 1 aliphatic rings. The third-order valence-corrected chi connectivity index (χ3v) is 5.13. The van der Waals surface area contributed by atoms with Gasteiger partial charge in [-0.1, -0.05) is 0 Å². The van der Waals surface area contributed by atoms with E-state index in [9.17, 15) is 13.5 Å². The highest BCUT2D eigenvalue weighted by Gasteiger charge is 2.38. The maximum Gasteiger partial charge on any atom is 0.259 e. The van der Waals surface area contributed by atoms with Crippen molar-refractivity contribution in [2.24, 2.45) is 7.05 Å². The van der Waals surface area contributed by atoms with Crippen LogP contribution in [0.1, 0.15) is 18.9 Å². The predicted octanol–water partition coefficient (Wildman–Crippen LogP) is -0.341. The highest BCUT2D eigenvalue weighted by molar-refractivity contribution is 7.89. The quantitative estimate of drug-likeness (QED) is 0.804. The molecule has 114 valence electrons. The minimum atomic E-state index is -3.71. The summed E-state index contributed by atoms with van der Waals surface area (Å²) in [6, 6.07) is -0.687. The first-order chi connectivity index (χ1) is 9.97. The average Bonchev–Trinajstić information content (AvgIpc) is 3.12. The standard InChI is InChI=1S/C12H17N5O3S/c1-16-6-11(14-8-16)21(19,20)15-9-2-3-10(12(9)18)17-5-4-13-7-17/h4-10,12,15,18H,2-3H2,1H3/t9-,10-,12-/m1/s1. The second-order valence-electron chi connectivity index (χ2n) is 5.25. The Morgan fingerprint density at radius 2 is 2.19 bits per heavy atom. The molecular weight excluding hydrogens is 294 g/mol. The molecule has 0 unspecified atom stereocenters. The summed E-state index contributed by atoms with van der Waals surface area (Å²) in [4.78, 5) is 7.79. The van der Waals surface area contributed by atoms with Gasteiger partial charge in [0.1, 0.15) is 0 Å². The number of nitrogens with one attached hydrogen (secondary N) is 1. The summed E-state index contributed by atoms with van der Waals surface area (Å²) in [6.07, 6.45) is 8.34. The van der Waals surface area contributed by atoms with E-state index < -0.39 is 22.2 Å². The average molecular weight is 311 g/mol. The van der Waals surface area contributed by atoms with E-state index in [2.05, 4.69) is 14.7 Å². The Kier molecular flexibility index (Phi) is 3.56. The van der Waals surface area contributed by atoms with Crippen LogP contribution in [0.5, 0.6) is 0 Å². The maximum absolute atomic E-state index is 12.2. The predicted molar refractivity (Wildman–Crippen MR) is 73.8 cm³/mol. The van der Waals surface area contributed by atoms with Crippen LogP contribution in [0.15, 0.2) is 36.3 Å². The number of rotatable bonds is 4. The first kappa shape index (κ1) is 14.2. The third kappa shape index (κ3) is 2.71. The molecule has 8 nitrogen and oxygen atoms in total.